The first-order valence-electron chi connectivity index (χ1n) is 4.94. The van der Waals surface area contributed by atoms with Crippen LogP contribution in [0.1, 0.15) is 11.3 Å². The number of aryl methyl sites for hydroxylation is 1. The van der Waals surface area contributed by atoms with Gasteiger partial charge in [-0.15, -0.1) is 0 Å². The van der Waals surface area contributed by atoms with Crippen LogP contribution in [0.2, 0.25) is 0 Å². The Kier molecular flexibility index (Phi) is 3.35. The number of halogens is 1. The van der Waals surface area contributed by atoms with E-state index in [2.05, 4.69) is 31.2 Å². The lowest BCUT2D eigenvalue weighted by Crippen LogP contribution is -1.98. The molecule has 0 unspecified atom stereocenters. The van der Waals surface area contributed by atoms with Gasteiger partial charge in [-0.2, -0.15) is 5.26 Å². The van der Waals surface area contributed by atoms with Crippen LogP contribution in [0, 0.1) is 18.3 Å². The number of hydrogen-bond acceptors (Lipinski definition) is 4. The Balaban J connectivity index is 2.35. The third-order valence-electron chi connectivity index (χ3n) is 2.11. The molecule has 0 fully saturated rings. The maximum absolute atomic E-state index is 8.90. The van der Waals surface area contributed by atoms with Gasteiger partial charge in [0.1, 0.15) is 6.07 Å². The van der Waals surface area contributed by atoms with Gasteiger partial charge < -0.3 is 5.32 Å². The summed E-state index contributed by atoms with van der Waals surface area (Å²) in [7, 11) is 0. The molecule has 1 aromatic carbocycles. The highest BCUT2D eigenvalue weighted by Gasteiger charge is 2.04. The Morgan fingerprint density at radius 3 is 2.71 bits per heavy atom. The fourth-order valence-electron chi connectivity index (χ4n) is 1.46. The van der Waals surface area contributed by atoms with Crippen LogP contribution in [0.3, 0.4) is 0 Å². The first-order chi connectivity index (χ1) is 8.19. The van der Waals surface area contributed by atoms with Crippen LogP contribution in [0.25, 0.3) is 0 Å². The predicted octanol–water partition coefficient (Wildman–Crippen LogP) is 3.16. The molecule has 5 heteroatoms. The molecular weight excluding hydrogens is 280 g/mol. The molecule has 0 aliphatic heterocycles. The van der Waals surface area contributed by atoms with Gasteiger partial charge in [-0.05, 0) is 30.7 Å². The molecule has 0 saturated carbocycles. The van der Waals surface area contributed by atoms with E-state index in [-0.39, 0.29) is 5.69 Å². The minimum Gasteiger partial charge on any atom is -0.338 e. The van der Waals surface area contributed by atoms with E-state index >= 15 is 0 Å². The molecule has 0 aliphatic rings. The summed E-state index contributed by atoms with van der Waals surface area (Å²) in [6, 6.07) is 7.90. The third-order valence-corrected chi connectivity index (χ3v) is 2.57. The van der Waals surface area contributed by atoms with Gasteiger partial charge in [0.2, 0.25) is 0 Å². The van der Waals surface area contributed by atoms with Crippen molar-refractivity contribution in [2.24, 2.45) is 0 Å². The van der Waals surface area contributed by atoms with Gasteiger partial charge >= 0.3 is 0 Å². The lowest BCUT2D eigenvalue weighted by molar-refractivity contribution is 1.16. The van der Waals surface area contributed by atoms with E-state index < -0.39 is 0 Å². The second-order valence-corrected chi connectivity index (χ2v) is 4.42. The van der Waals surface area contributed by atoms with E-state index in [4.69, 9.17) is 5.26 Å². The minimum atomic E-state index is 0.283. The maximum atomic E-state index is 8.90. The third kappa shape index (κ3) is 2.80. The number of anilines is 2. The van der Waals surface area contributed by atoms with Crippen molar-refractivity contribution in [2.45, 2.75) is 6.92 Å². The van der Waals surface area contributed by atoms with Crippen molar-refractivity contribution in [1.82, 2.24) is 9.97 Å². The average molecular weight is 289 g/mol. The number of rotatable bonds is 2. The molecule has 2 rings (SSSR count). The molecular formula is C12H9BrN4. The molecule has 17 heavy (non-hydrogen) atoms. The fraction of sp³-hybridized carbons (Fsp3) is 0.0833. The van der Waals surface area contributed by atoms with Crippen LogP contribution in [0.4, 0.5) is 11.5 Å². The highest BCUT2D eigenvalue weighted by atomic mass is 79.9. The molecule has 2 aromatic rings. The van der Waals surface area contributed by atoms with Gasteiger partial charge in [-0.1, -0.05) is 15.9 Å². The Hall–Kier alpha value is -1.93. The molecule has 1 N–H and O–H groups in total. The van der Waals surface area contributed by atoms with Crippen molar-refractivity contribution in [3.8, 4) is 6.07 Å². The Morgan fingerprint density at radius 2 is 2.00 bits per heavy atom. The summed E-state index contributed by atoms with van der Waals surface area (Å²) >= 11 is 3.42. The zero-order chi connectivity index (χ0) is 12.3. The van der Waals surface area contributed by atoms with E-state index in [0.29, 0.717) is 5.82 Å². The normalized spacial score (nSPS) is 9.71. The Morgan fingerprint density at radius 1 is 1.24 bits per heavy atom. The summed E-state index contributed by atoms with van der Waals surface area (Å²) in [5.41, 5.74) is 2.27. The summed E-state index contributed by atoms with van der Waals surface area (Å²) in [6.45, 7) is 2.00. The molecule has 1 heterocycles. The van der Waals surface area contributed by atoms with E-state index in [1.54, 1.807) is 6.20 Å². The molecule has 0 amide bonds. The van der Waals surface area contributed by atoms with Crippen LogP contribution in [-0.2, 0) is 0 Å². The molecule has 0 bridgehead atoms. The van der Waals surface area contributed by atoms with Crippen LogP contribution >= 0.6 is 15.9 Å². The molecule has 1 aromatic heterocycles. The number of benzene rings is 1. The lowest BCUT2D eigenvalue weighted by Gasteiger charge is -2.07. The van der Waals surface area contributed by atoms with Crippen LogP contribution < -0.4 is 5.32 Å². The van der Waals surface area contributed by atoms with Crippen molar-refractivity contribution in [2.75, 3.05) is 5.32 Å². The molecule has 0 atom stereocenters. The maximum Gasteiger partial charge on any atom is 0.183 e. The topological polar surface area (TPSA) is 61.6 Å². The number of hydrogen-bond donors (Lipinski definition) is 1. The van der Waals surface area contributed by atoms with Crippen molar-refractivity contribution in [1.29, 1.82) is 5.26 Å². The van der Waals surface area contributed by atoms with E-state index in [9.17, 15) is 0 Å². The average Bonchev–Trinajstić information content (AvgIpc) is 2.28. The number of nitrogens with zero attached hydrogens (tertiary/aromatic N) is 3. The summed E-state index contributed by atoms with van der Waals surface area (Å²) in [5.74, 6) is 0.465. The summed E-state index contributed by atoms with van der Waals surface area (Å²) in [5, 5.41) is 12.0. The second kappa shape index (κ2) is 4.93. The summed E-state index contributed by atoms with van der Waals surface area (Å²) < 4.78 is 0.974. The van der Waals surface area contributed by atoms with Gasteiger partial charge in [0.15, 0.2) is 11.5 Å². The number of aromatic nitrogens is 2. The van der Waals surface area contributed by atoms with E-state index in [1.807, 2.05) is 31.2 Å². The first kappa shape index (κ1) is 11.6. The van der Waals surface area contributed by atoms with Crippen molar-refractivity contribution in [3.05, 3.63) is 46.3 Å². The van der Waals surface area contributed by atoms with Crippen molar-refractivity contribution < 1.29 is 0 Å². The predicted molar refractivity (Wildman–Crippen MR) is 68.9 cm³/mol. The summed E-state index contributed by atoms with van der Waals surface area (Å²) in [4.78, 5) is 8.03. The van der Waals surface area contributed by atoms with Crippen LogP contribution in [0.5, 0.6) is 0 Å². The monoisotopic (exact) mass is 288 g/mol. The molecule has 0 radical (unpaired) electrons. The standard InChI is InChI=1S/C12H9BrN4/c1-8-4-9(13)6-10(5-8)17-12-11(7-14)15-2-3-16-12/h2-6H,1H3,(H,16,17). The van der Waals surface area contributed by atoms with Gasteiger partial charge in [0.25, 0.3) is 0 Å². The summed E-state index contributed by atoms with van der Waals surface area (Å²) in [6.07, 6.45) is 3.05. The largest absolute Gasteiger partial charge is 0.338 e. The van der Waals surface area contributed by atoms with Crippen LogP contribution in [-0.4, -0.2) is 9.97 Å². The molecule has 84 valence electrons. The smallest absolute Gasteiger partial charge is 0.183 e. The van der Waals surface area contributed by atoms with Crippen LogP contribution in [0.15, 0.2) is 35.1 Å². The van der Waals surface area contributed by atoms with Gasteiger partial charge in [-0.25, -0.2) is 9.97 Å². The molecule has 4 nitrogen and oxygen atoms in total. The Bertz CT molecular complexity index is 569. The molecule has 0 aliphatic carbocycles. The van der Waals surface area contributed by atoms with E-state index in [0.717, 1.165) is 15.7 Å². The highest BCUT2D eigenvalue weighted by molar-refractivity contribution is 9.10. The van der Waals surface area contributed by atoms with Gasteiger partial charge in [0.05, 0.1) is 0 Å². The quantitative estimate of drug-likeness (QED) is 0.922. The fourth-order valence-corrected chi connectivity index (χ4v) is 2.06. The van der Waals surface area contributed by atoms with Crippen molar-refractivity contribution in [3.63, 3.8) is 0 Å². The molecule has 0 saturated heterocycles. The zero-order valence-corrected chi connectivity index (χ0v) is 10.7. The molecule has 0 spiro atoms. The first-order valence-corrected chi connectivity index (χ1v) is 5.73. The zero-order valence-electron chi connectivity index (χ0n) is 9.11. The number of nitrogens with one attached hydrogen (secondary N) is 1. The van der Waals surface area contributed by atoms with E-state index in [1.165, 1.54) is 6.20 Å². The van der Waals surface area contributed by atoms with Gasteiger partial charge in [-0.3, -0.25) is 0 Å². The SMILES string of the molecule is Cc1cc(Br)cc(Nc2nccnc2C#N)c1. The lowest BCUT2D eigenvalue weighted by atomic mass is 10.2. The highest BCUT2D eigenvalue weighted by Crippen LogP contribution is 2.22. The van der Waals surface area contributed by atoms with Crippen molar-refractivity contribution >= 4 is 27.4 Å². The minimum absolute atomic E-state index is 0.283. The number of nitriles is 1. The second-order valence-electron chi connectivity index (χ2n) is 3.51. The van der Waals surface area contributed by atoms with Gasteiger partial charge in [0, 0.05) is 22.6 Å². The Labute approximate surface area is 107 Å².